The lowest BCUT2D eigenvalue weighted by molar-refractivity contribution is 0.0913. The summed E-state index contributed by atoms with van der Waals surface area (Å²) in [4.78, 5) is 9.47. The Bertz CT molecular complexity index is 898. The van der Waals surface area contributed by atoms with Crippen LogP contribution < -0.4 is 9.47 Å². The number of rotatable bonds is 5. The summed E-state index contributed by atoms with van der Waals surface area (Å²) in [5, 5.41) is 0. The van der Waals surface area contributed by atoms with E-state index < -0.39 is 0 Å². The molecule has 5 nitrogen and oxygen atoms in total. The topological polar surface area (TPSA) is 37.3 Å². The molecule has 0 bridgehead atoms. The molecular formula is C25H31N3O2. The van der Waals surface area contributed by atoms with Gasteiger partial charge in [-0.15, -0.1) is 0 Å². The molecule has 0 radical (unpaired) electrons. The van der Waals surface area contributed by atoms with Crippen molar-refractivity contribution in [2.24, 2.45) is 4.99 Å². The summed E-state index contributed by atoms with van der Waals surface area (Å²) < 4.78 is 12.0. The molecule has 2 unspecified atom stereocenters. The zero-order valence-electron chi connectivity index (χ0n) is 17.8. The van der Waals surface area contributed by atoms with Crippen LogP contribution in [0.15, 0.2) is 53.5 Å². The second-order valence-electron chi connectivity index (χ2n) is 8.78. The molecule has 3 heterocycles. The quantitative estimate of drug-likeness (QED) is 0.706. The number of benzene rings is 2. The van der Waals surface area contributed by atoms with Crippen LogP contribution in [-0.4, -0.2) is 61.4 Å². The highest BCUT2D eigenvalue weighted by molar-refractivity contribution is 5.59. The van der Waals surface area contributed by atoms with Crippen molar-refractivity contribution in [3.8, 4) is 11.5 Å². The number of fused-ring (bicyclic) bond motifs is 1. The fourth-order valence-corrected chi connectivity index (χ4v) is 5.28. The van der Waals surface area contributed by atoms with Gasteiger partial charge in [0.05, 0.1) is 0 Å². The minimum Gasteiger partial charge on any atom is -0.485 e. The average molecular weight is 406 g/mol. The second-order valence-corrected chi connectivity index (χ2v) is 8.78. The average Bonchev–Trinajstić information content (AvgIpc) is 3.38. The van der Waals surface area contributed by atoms with Gasteiger partial charge in [0.15, 0.2) is 17.6 Å². The van der Waals surface area contributed by atoms with Gasteiger partial charge in [-0.2, -0.15) is 0 Å². The summed E-state index contributed by atoms with van der Waals surface area (Å²) in [7, 11) is 1.87. The van der Waals surface area contributed by atoms with Gasteiger partial charge in [-0.05, 0) is 49.1 Å². The van der Waals surface area contributed by atoms with Gasteiger partial charge in [0.25, 0.3) is 0 Å². The van der Waals surface area contributed by atoms with Crippen LogP contribution >= 0.6 is 0 Å². The van der Waals surface area contributed by atoms with Crippen molar-refractivity contribution in [1.82, 2.24) is 9.80 Å². The highest BCUT2D eigenvalue weighted by Crippen LogP contribution is 2.38. The van der Waals surface area contributed by atoms with E-state index in [4.69, 9.17) is 9.47 Å². The standard InChI is InChI=1S/C25H31N3O2/c1-26-13-16-28-14-4-11-25(28)12-15-27(19-25)17-20-7-9-21(10-8-20)24-18-29-22-5-2-3-6-23(22)30-24/h2-3,5-10,13,24H,4,11-12,14-19H2,1H3. The molecule has 30 heavy (non-hydrogen) atoms. The van der Waals surface area contributed by atoms with Gasteiger partial charge < -0.3 is 9.47 Å². The number of nitrogens with zero attached hydrogens (tertiary/aromatic N) is 3. The third-order valence-electron chi connectivity index (χ3n) is 6.90. The molecule has 5 rings (SSSR count). The molecule has 0 aromatic heterocycles. The maximum Gasteiger partial charge on any atom is 0.162 e. The van der Waals surface area contributed by atoms with Crippen molar-refractivity contribution in [3.63, 3.8) is 0 Å². The van der Waals surface area contributed by atoms with Crippen LogP contribution in [0.3, 0.4) is 0 Å². The molecule has 158 valence electrons. The van der Waals surface area contributed by atoms with Crippen LogP contribution in [0.2, 0.25) is 0 Å². The number of para-hydroxylation sites is 2. The maximum atomic E-state index is 6.15. The van der Waals surface area contributed by atoms with E-state index in [1.807, 2.05) is 31.3 Å². The number of hydrogen-bond donors (Lipinski definition) is 0. The third-order valence-corrected chi connectivity index (χ3v) is 6.90. The fourth-order valence-electron chi connectivity index (χ4n) is 5.28. The largest absolute Gasteiger partial charge is 0.485 e. The van der Waals surface area contributed by atoms with E-state index in [1.54, 1.807) is 0 Å². The van der Waals surface area contributed by atoms with Crippen molar-refractivity contribution >= 4 is 6.21 Å². The van der Waals surface area contributed by atoms with Gasteiger partial charge >= 0.3 is 0 Å². The molecule has 0 saturated carbocycles. The van der Waals surface area contributed by atoms with Crippen molar-refractivity contribution in [1.29, 1.82) is 0 Å². The van der Waals surface area contributed by atoms with Crippen molar-refractivity contribution < 1.29 is 9.47 Å². The van der Waals surface area contributed by atoms with Gasteiger partial charge in [0, 0.05) is 45.0 Å². The predicted molar refractivity (Wildman–Crippen MR) is 120 cm³/mol. The lowest BCUT2D eigenvalue weighted by Crippen LogP contribution is -2.46. The van der Waals surface area contributed by atoms with Crippen LogP contribution in [0.25, 0.3) is 0 Å². The smallest absolute Gasteiger partial charge is 0.162 e. The Labute approximate surface area is 179 Å². The first kappa shape index (κ1) is 19.6. The lowest BCUT2D eigenvalue weighted by atomic mass is 9.95. The van der Waals surface area contributed by atoms with Gasteiger partial charge in [-0.3, -0.25) is 14.8 Å². The Morgan fingerprint density at radius 1 is 1.07 bits per heavy atom. The Morgan fingerprint density at radius 3 is 2.73 bits per heavy atom. The molecule has 0 N–H and O–H groups in total. The van der Waals surface area contributed by atoms with Gasteiger partial charge in [0.1, 0.15) is 6.61 Å². The van der Waals surface area contributed by atoms with E-state index in [1.165, 1.54) is 50.0 Å². The molecule has 1 spiro atoms. The molecular weight excluding hydrogens is 374 g/mol. The first-order valence-corrected chi connectivity index (χ1v) is 11.1. The second kappa shape index (κ2) is 8.40. The SMILES string of the molecule is CN=CCN1CCCC12CCN(Cc1ccc(C3COc4ccccc4O3)cc1)C2. The molecule has 0 aliphatic carbocycles. The summed E-state index contributed by atoms with van der Waals surface area (Å²) in [6.45, 7) is 6.12. The Hall–Kier alpha value is -2.37. The molecule has 2 saturated heterocycles. The molecule has 2 fully saturated rings. The minimum absolute atomic E-state index is 0.0451. The molecule has 2 aromatic carbocycles. The number of aliphatic imine (C=N–C) groups is 1. The number of ether oxygens (including phenoxy) is 2. The summed E-state index contributed by atoms with van der Waals surface area (Å²) in [6.07, 6.45) is 5.92. The molecule has 5 heteroatoms. The Morgan fingerprint density at radius 2 is 1.90 bits per heavy atom. The van der Waals surface area contributed by atoms with Gasteiger partial charge in [0.2, 0.25) is 0 Å². The molecule has 2 aromatic rings. The lowest BCUT2D eigenvalue weighted by Gasteiger charge is -2.34. The van der Waals surface area contributed by atoms with Crippen LogP contribution in [0.1, 0.15) is 36.5 Å². The van der Waals surface area contributed by atoms with E-state index in [9.17, 15) is 0 Å². The predicted octanol–water partition coefficient (Wildman–Crippen LogP) is 3.94. The van der Waals surface area contributed by atoms with Crippen LogP contribution in [0.4, 0.5) is 0 Å². The van der Waals surface area contributed by atoms with Gasteiger partial charge in [-0.1, -0.05) is 36.4 Å². The third kappa shape index (κ3) is 3.84. The normalized spacial score (nSPS) is 26.8. The zero-order chi connectivity index (χ0) is 20.4. The molecule has 0 amide bonds. The minimum atomic E-state index is -0.0451. The van der Waals surface area contributed by atoms with Gasteiger partial charge in [-0.25, -0.2) is 0 Å². The Balaban J connectivity index is 1.20. The van der Waals surface area contributed by atoms with Crippen LogP contribution in [-0.2, 0) is 6.54 Å². The number of likely N-dealkylation sites (tertiary alicyclic amines) is 2. The first-order valence-electron chi connectivity index (χ1n) is 11.1. The molecule has 3 aliphatic heterocycles. The highest BCUT2D eigenvalue weighted by Gasteiger charge is 2.45. The zero-order valence-corrected chi connectivity index (χ0v) is 17.8. The van der Waals surface area contributed by atoms with E-state index >= 15 is 0 Å². The van der Waals surface area contributed by atoms with Crippen molar-refractivity contribution in [2.45, 2.75) is 37.5 Å². The van der Waals surface area contributed by atoms with Crippen molar-refractivity contribution in [3.05, 3.63) is 59.7 Å². The summed E-state index contributed by atoms with van der Waals surface area (Å²) >= 11 is 0. The highest BCUT2D eigenvalue weighted by atomic mass is 16.6. The van der Waals surface area contributed by atoms with E-state index in [-0.39, 0.29) is 6.10 Å². The van der Waals surface area contributed by atoms with Crippen molar-refractivity contribution in [2.75, 3.05) is 39.8 Å². The molecule has 3 aliphatic rings. The summed E-state index contributed by atoms with van der Waals surface area (Å²) in [6, 6.07) is 16.8. The van der Waals surface area contributed by atoms with Crippen LogP contribution in [0, 0.1) is 0 Å². The van der Waals surface area contributed by atoms with Crippen LogP contribution in [0.5, 0.6) is 11.5 Å². The summed E-state index contributed by atoms with van der Waals surface area (Å²) in [5.41, 5.74) is 2.90. The monoisotopic (exact) mass is 405 g/mol. The Kier molecular flexibility index (Phi) is 5.48. The first-order chi connectivity index (χ1) is 14.8. The number of hydrogen-bond acceptors (Lipinski definition) is 5. The van der Waals surface area contributed by atoms with E-state index in [0.29, 0.717) is 12.1 Å². The summed E-state index contributed by atoms with van der Waals surface area (Å²) in [5.74, 6) is 1.66. The fraction of sp³-hybridized carbons (Fsp3) is 0.480. The van der Waals surface area contributed by atoms with E-state index in [2.05, 4.69) is 45.3 Å². The van der Waals surface area contributed by atoms with E-state index in [0.717, 1.165) is 24.6 Å². The maximum absolute atomic E-state index is 6.15. The molecule has 2 atom stereocenters.